The van der Waals surface area contributed by atoms with Gasteiger partial charge in [0.1, 0.15) is 0 Å². The minimum atomic E-state index is -4.95. The molecule has 16 heavy (non-hydrogen) atoms. The zero-order chi connectivity index (χ0) is 12.7. The molecule has 0 fully saturated rings. The summed E-state index contributed by atoms with van der Waals surface area (Å²) < 4.78 is 73.9. The van der Waals surface area contributed by atoms with E-state index in [0.29, 0.717) is 12.1 Å². The minimum Gasteiger partial charge on any atom is -0.166 e. The molecular weight excluding hydrogens is 278 g/mol. The van der Waals surface area contributed by atoms with E-state index < -0.39 is 33.4 Å². The molecule has 0 aromatic heterocycles. The van der Waals surface area contributed by atoms with Crippen LogP contribution in [0.3, 0.4) is 0 Å². The van der Waals surface area contributed by atoms with Crippen molar-refractivity contribution in [2.45, 2.75) is 17.2 Å². The van der Waals surface area contributed by atoms with E-state index in [1.54, 1.807) is 0 Å². The van der Waals surface area contributed by atoms with Gasteiger partial charge < -0.3 is 0 Å². The summed E-state index contributed by atoms with van der Waals surface area (Å²) in [5.74, 6) is 0. The highest BCUT2D eigenvalue weighted by Crippen LogP contribution is 2.43. The molecule has 0 atom stereocenters. The predicted molar refractivity (Wildman–Crippen MR) is 48.7 cm³/mol. The molecule has 0 spiro atoms. The lowest BCUT2D eigenvalue weighted by Crippen LogP contribution is -2.12. The van der Waals surface area contributed by atoms with Crippen LogP contribution in [0.1, 0.15) is 11.1 Å². The Labute approximate surface area is 96.6 Å². The van der Waals surface area contributed by atoms with E-state index in [4.69, 9.17) is 11.6 Å². The zero-order valence-electron chi connectivity index (χ0n) is 7.25. The van der Waals surface area contributed by atoms with Gasteiger partial charge in [0.15, 0.2) is 0 Å². The van der Waals surface area contributed by atoms with Gasteiger partial charge in [0.2, 0.25) is 0 Å². The number of hydrogen-bond acceptors (Lipinski definition) is 1. The molecule has 0 heterocycles. The molecule has 0 aliphatic heterocycles. The summed E-state index contributed by atoms with van der Waals surface area (Å²) in [5.41, 5.74) is -3.09. The molecule has 1 aromatic rings. The van der Waals surface area contributed by atoms with Gasteiger partial charge in [-0.3, -0.25) is 0 Å². The van der Waals surface area contributed by atoms with Crippen LogP contribution in [0.15, 0.2) is 17.0 Å². The van der Waals surface area contributed by atoms with Gasteiger partial charge in [-0.2, -0.15) is 26.3 Å². The summed E-state index contributed by atoms with van der Waals surface area (Å²) in [6, 6.07) is 0.890. The molecule has 0 bridgehead atoms. The van der Waals surface area contributed by atoms with Crippen LogP contribution < -0.4 is 0 Å². The summed E-state index contributed by atoms with van der Waals surface area (Å²) >= 11 is 8.55. The first-order valence-electron chi connectivity index (χ1n) is 3.70. The molecule has 0 saturated heterocycles. The Kier molecular flexibility index (Phi) is 3.40. The standard InChI is InChI=1S/C8H3ClF6S/c9-6-4(7(10,11)12)1-3(16)2-5(6)8(13,14)15/h1-2,16H. The van der Waals surface area contributed by atoms with Crippen LogP contribution in [0.4, 0.5) is 26.3 Å². The molecule has 0 saturated carbocycles. The molecule has 0 nitrogen and oxygen atoms in total. The van der Waals surface area contributed by atoms with Crippen molar-refractivity contribution in [3.05, 3.63) is 28.3 Å². The third-order valence-corrected chi connectivity index (χ3v) is 2.33. The Morgan fingerprint density at radius 3 is 1.44 bits per heavy atom. The minimum absolute atomic E-state index is 0.445. The number of hydrogen-bond donors (Lipinski definition) is 1. The maximum atomic E-state index is 12.3. The van der Waals surface area contributed by atoms with E-state index in [1.165, 1.54) is 0 Å². The summed E-state index contributed by atoms with van der Waals surface area (Å²) in [6.07, 6.45) is -9.90. The van der Waals surface area contributed by atoms with Gasteiger partial charge >= 0.3 is 12.4 Å². The fraction of sp³-hybridized carbons (Fsp3) is 0.250. The first kappa shape index (κ1) is 13.5. The fourth-order valence-corrected chi connectivity index (χ4v) is 1.60. The summed E-state index contributed by atoms with van der Waals surface area (Å²) in [5, 5.41) is -1.36. The van der Waals surface area contributed by atoms with Crippen molar-refractivity contribution in [2.24, 2.45) is 0 Å². The van der Waals surface area contributed by atoms with Crippen LogP contribution in [-0.2, 0) is 12.4 Å². The molecule has 8 heteroatoms. The number of halogens is 7. The molecule has 0 radical (unpaired) electrons. The van der Waals surface area contributed by atoms with Gasteiger partial charge in [-0.05, 0) is 12.1 Å². The lowest BCUT2D eigenvalue weighted by atomic mass is 10.1. The average Bonchev–Trinajstić information content (AvgIpc) is 2.04. The van der Waals surface area contributed by atoms with Crippen LogP contribution in [-0.4, -0.2) is 0 Å². The van der Waals surface area contributed by atoms with Crippen molar-refractivity contribution in [2.75, 3.05) is 0 Å². The normalized spacial score (nSPS) is 13.0. The lowest BCUT2D eigenvalue weighted by molar-refractivity contribution is -0.143. The molecular formula is C8H3ClF6S. The third-order valence-electron chi connectivity index (χ3n) is 1.67. The number of alkyl halides is 6. The maximum Gasteiger partial charge on any atom is 0.417 e. The summed E-state index contributed by atoms with van der Waals surface area (Å²) in [6.45, 7) is 0. The van der Waals surface area contributed by atoms with E-state index in [0.717, 1.165) is 0 Å². The SMILES string of the molecule is FC(F)(F)c1cc(S)cc(C(F)(F)F)c1Cl. The Bertz CT molecular complexity index is 373. The van der Waals surface area contributed by atoms with E-state index in [2.05, 4.69) is 12.6 Å². The Morgan fingerprint density at radius 2 is 1.19 bits per heavy atom. The van der Waals surface area contributed by atoms with E-state index in [9.17, 15) is 26.3 Å². The highest BCUT2D eigenvalue weighted by atomic mass is 35.5. The topological polar surface area (TPSA) is 0 Å². The van der Waals surface area contributed by atoms with Crippen molar-refractivity contribution in [3.8, 4) is 0 Å². The monoisotopic (exact) mass is 280 g/mol. The molecule has 0 amide bonds. The van der Waals surface area contributed by atoms with Crippen LogP contribution >= 0.6 is 24.2 Å². The third kappa shape index (κ3) is 2.76. The highest BCUT2D eigenvalue weighted by molar-refractivity contribution is 7.80. The molecule has 1 aromatic carbocycles. The molecule has 0 aliphatic carbocycles. The van der Waals surface area contributed by atoms with Crippen LogP contribution in [0.2, 0.25) is 5.02 Å². The molecule has 1 rings (SSSR count). The Hall–Kier alpha value is -0.560. The Morgan fingerprint density at radius 1 is 0.875 bits per heavy atom. The van der Waals surface area contributed by atoms with Crippen LogP contribution in [0, 0.1) is 0 Å². The smallest absolute Gasteiger partial charge is 0.166 e. The zero-order valence-corrected chi connectivity index (χ0v) is 8.90. The first-order chi connectivity index (χ1) is 7.03. The van der Waals surface area contributed by atoms with Crippen molar-refractivity contribution in [1.82, 2.24) is 0 Å². The quantitative estimate of drug-likeness (QED) is 0.518. The maximum absolute atomic E-state index is 12.3. The Balaban J connectivity index is 3.51. The second kappa shape index (κ2) is 4.03. The molecule has 0 aliphatic rings. The number of rotatable bonds is 0. The van der Waals surface area contributed by atoms with E-state index in [-0.39, 0.29) is 0 Å². The highest BCUT2D eigenvalue weighted by Gasteiger charge is 2.40. The summed E-state index contributed by atoms with van der Waals surface area (Å²) in [4.78, 5) is -0.455. The lowest BCUT2D eigenvalue weighted by Gasteiger charge is -2.15. The van der Waals surface area contributed by atoms with Gasteiger partial charge in [-0.1, -0.05) is 11.6 Å². The van der Waals surface area contributed by atoms with Gasteiger partial charge in [0.25, 0.3) is 0 Å². The number of benzene rings is 1. The van der Waals surface area contributed by atoms with Gasteiger partial charge in [-0.15, -0.1) is 12.6 Å². The van der Waals surface area contributed by atoms with Crippen molar-refractivity contribution >= 4 is 24.2 Å². The average molecular weight is 281 g/mol. The molecule has 90 valence electrons. The van der Waals surface area contributed by atoms with Gasteiger partial charge in [0, 0.05) is 4.90 Å². The first-order valence-corrected chi connectivity index (χ1v) is 4.53. The van der Waals surface area contributed by atoms with E-state index >= 15 is 0 Å². The predicted octanol–water partition coefficient (Wildman–Crippen LogP) is 4.67. The molecule has 0 N–H and O–H groups in total. The van der Waals surface area contributed by atoms with E-state index in [1.807, 2.05) is 0 Å². The van der Waals surface area contributed by atoms with Crippen molar-refractivity contribution < 1.29 is 26.3 Å². The summed E-state index contributed by atoms with van der Waals surface area (Å²) in [7, 11) is 0. The van der Waals surface area contributed by atoms with Gasteiger partial charge in [0.05, 0.1) is 16.1 Å². The van der Waals surface area contributed by atoms with Crippen molar-refractivity contribution in [3.63, 3.8) is 0 Å². The largest absolute Gasteiger partial charge is 0.417 e. The fourth-order valence-electron chi connectivity index (χ4n) is 1.02. The van der Waals surface area contributed by atoms with Gasteiger partial charge in [-0.25, -0.2) is 0 Å². The van der Waals surface area contributed by atoms with Crippen molar-refractivity contribution in [1.29, 1.82) is 0 Å². The molecule has 0 unspecified atom stereocenters. The second-order valence-corrected chi connectivity index (χ2v) is 3.74. The number of thiol groups is 1. The van der Waals surface area contributed by atoms with Crippen LogP contribution in [0.25, 0.3) is 0 Å². The van der Waals surface area contributed by atoms with Crippen LogP contribution in [0.5, 0.6) is 0 Å². The second-order valence-electron chi connectivity index (χ2n) is 2.85.